The number of hydrogen-bond acceptors (Lipinski definition) is 4. The first kappa shape index (κ1) is 13.3. The molecule has 0 spiro atoms. The summed E-state index contributed by atoms with van der Waals surface area (Å²) in [4.78, 5) is 11.4. The SMILES string of the molecule is C[C@@H]1CO[C@@H](CNC(=O)OC(C)(C)C)CN1. The van der Waals surface area contributed by atoms with E-state index in [-0.39, 0.29) is 6.10 Å². The smallest absolute Gasteiger partial charge is 0.407 e. The molecule has 1 fully saturated rings. The number of carbonyl (C=O) groups is 1. The molecule has 5 nitrogen and oxygen atoms in total. The first-order valence-corrected chi connectivity index (χ1v) is 5.68. The third-order valence-electron chi connectivity index (χ3n) is 2.15. The van der Waals surface area contributed by atoms with Gasteiger partial charge in [0.15, 0.2) is 0 Å². The van der Waals surface area contributed by atoms with Gasteiger partial charge in [0, 0.05) is 19.1 Å². The first-order valence-electron chi connectivity index (χ1n) is 5.68. The van der Waals surface area contributed by atoms with Crippen LogP contribution in [0.5, 0.6) is 0 Å². The number of hydrogen-bond donors (Lipinski definition) is 2. The second-order valence-corrected chi connectivity index (χ2v) is 5.15. The van der Waals surface area contributed by atoms with Gasteiger partial charge in [0.05, 0.1) is 12.7 Å². The van der Waals surface area contributed by atoms with Crippen molar-refractivity contribution in [3.8, 4) is 0 Å². The van der Waals surface area contributed by atoms with Gasteiger partial charge >= 0.3 is 6.09 Å². The number of nitrogens with one attached hydrogen (secondary N) is 2. The maximum absolute atomic E-state index is 11.4. The second kappa shape index (κ2) is 5.50. The van der Waals surface area contributed by atoms with Crippen molar-refractivity contribution in [2.75, 3.05) is 19.7 Å². The normalized spacial score (nSPS) is 26.2. The van der Waals surface area contributed by atoms with Gasteiger partial charge in [-0.25, -0.2) is 4.79 Å². The maximum Gasteiger partial charge on any atom is 0.407 e. The van der Waals surface area contributed by atoms with E-state index in [2.05, 4.69) is 17.6 Å². The highest BCUT2D eigenvalue weighted by molar-refractivity contribution is 5.67. The Kier molecular flexibility index (Phi) is 4.56. The molecule has 0 unspecified atom stereocenters. The molecule has 0 aromatic rings. The summed E-state index contributed by atoms with van der Waals surface area (Å²) in [6, 6.07) is 0.387. The Hall–Kier alpha value is -0.810. The molecule has 0 aromatic carbocycles. The van der Waals surface area contributed by atoms with E-state index in [4.69, 9.17) is 9.47 Å². The van der Waals surface area contributed by atoms with Crippen molar-refractivity contribution >= 4 is 6.09 Å². The van der Waals surface area contributed by atoms with E-state index in [0.717, 1.165) is 6.54 Å². The van der Waals surface area contributed by atoms with E-state index in [9.17, 15) is 4.79 Å². The minimum Gasteiger partial charge on any atom is -0.444 e. The molecule has 16 heavy (non-hydrogen) atoms. The zero-order valence-corrected chi connectivity index (χ0v) is 10.5. The fraction of sp³-hybridized carbons (Fsp3) is 0.909. The van der Waals surface area contributed by atoms with Crippen molar-refractivity contribution < 1.29 is 14.3 Å². The molecule has 0 bridgehead atoms. The molecule has 1 heterocycles. The molecule has 0 saturated carbocycles. The largest absolute Gasteiger partial charge is 0.444 e. The number of alkyl carbamates (subject to hydrolysis) is 1. The zero-order valence-electron chi connectivity index (χ0n) is 10.5. The lowest BCUT2D eigenvalue weighted by Crippen LogP contribution is -2.49. The van der Waals surface area contributed by atoms with Gasteiger partial charge in [-0.2, -0.15) is 0 Å². The van der Waals surface area contributed by atoms with Crippen LogP contribution in [0.3, 0.4) is 0 Å². The molecule has 1 amide bonds. The van der Waals surface area contributed by atoms with Crippen molar-refractivity contribution in [1.29, 1.82) is 0 Å². The minimum atomic E-state index is -0.454. The van der Waals surface area contributed by atoms with Crippen LogP contribution < -0.4 is 10.6 Å². The van der Waals surface area contributed by atoms with E-state index in [1.807, 2.05) is 20.8 Å². The number of ether oxygens (including phenoxy) is 2. The summed E-state index contributed by atoms with van der Waals surface area (Å²) in [6.07, 6.45) is -0.363. The standard InChI is InChI=1S/C11H22N2O3/c1-8-7-15-9(5-12-8)6-13-10(14)16-11(2,3)4/h8-9,12H,5-7H2,1-4H3,(H,13,14)/t8-,9-/m1/s1. The van der Waals surface area contributed by atoms with Crippen molar-refractivity contribution in [3.05, 3.63) is 0 Å². The fourth-order valence-corrected chi connectivity index (χ4v) is 1.37. The molecule has 1 aliphatic heterocycles. The average molecular weight is 230 g/mol. The summed E-state index contributed by atoms with van der Waals surface area (Å²) in [6.45, 7) is 9.51. The second-order valence-electron chi connectivity index (χ2n) is 5.15. The van der Waals surface area contributed by atoms with Crippen LogP contribution in [0.1, 0.15) is 27.7 Å². The van der Waals surface area contributed by atoms with Crippen LogP contribution in [0, 0.1) is 0 Å². The number of rotatable bonds is 2. The number of morpholine rings is 1. The first-order chi connectivity index (χ1) is 7.37. The summed E-state index contributed by atoms with van der Waals surface area (Å²) in [5.41, 5.74) is -0.454. The highest BCUT2D eigenvalue weighted by Crippen LogP contribution is 2.06. The fourth-order valence-electron chi connectivity index (χ4n) is 1.37. The molecule has 1 aliphatic rings. The van der Waals surface area contributed by atoms with Gasteiger partial charge in [0.2, 0.25) is 0 Å². The Morgan fingerprint density at radius 1 is 1.56 bits per heavy atom. The Morgan fingerprint density at radius 2 is 2.25 bits per heavy atom. The highest BCUT2D eigenvalue weighted by atomic mass is 16.6. The predicted molar refractivity (Wildman–Crippen MR) is 61.4 cm³/mol. The van der Waals surface area contributed by atoms with E-state index in [0.29, 0.717) is 19.2 Å². The highest BCUT2D eigenvalue weighted by Gasteiger charge is 2.20. The quantitative estimate of drug-likeness (QED) is 0.739. The van der Waals surface area contributed by atoms with Gasteiger partial charge < -0.3 is 20.1 Å². The van der Waals surface area contributed by atoms with Crippen LogP contribution in [-0.2, 0) is 9.47 Å². The molecule has 2 N–H and O–H groups in total. The van der Waals surface area contributed by atoms with E-state index >= 15 is 0 Å². The molecule has 0 radical (unpaired) electrons. The monoisotopic (exact) mass is 230 g/mol. The average Bonchev–Trinajstić information content (AvgIpc) is 2.14. The van der Waals surface area contributed by atoms with Crippen molar-refractivity contribution in [1.82, 2.24) is 10.6 Å². The van der Waals surface area contributed by atoms with Crippen LogP contribution in [0.4, 0.5) is 4.79 Å². The lowest BCUT2D eigenvalue weighted by Gasteiger charge is -2.28. The Bertz CT molecular complexity index is 230. The lowest BCUT2D eigenvalue weighted by molar-refractivity contribution is 0.00458. The summed E-state index contributed by atoms with van der Waals surface area (Å²) < 4.78 is 10.7. The van der Waals surface area contributed by atoms with Crippen molar-refractivity contribution in [2.24, 2.45) is 0 Å². The van der Waals surface area contributed by atoms with Gasteiger partial charge in [-0.3, -0.25) is 0 Å². The van der Waals surface area contributed by atoms with Crippen LogP contribution in [0.25, 0.3) is 0 Å². The summed E-state index contributed by atoms with van der Waals surface area (Å²) in [5, 5.41) is 5.98. The Labute approximate surface area is 96.9 Å². The molecule has 1 rings (SSSR count). The zero-order chi connectivity index (χ0) is 12.2. The minimum absolute atomic E-state index is 0.0312. The van der Waals surface area contributed by atoms with Crippen LogP contribution in [-0.4, -0.2) is 43.5 Å². The maximum atomic E-state index is 11.4. The number of amides is 1. The van der Waals surface area contributed by atoms with Crippen molar-refractivity contribution in [3.63, 3.8) is 0 Å². The van der Waals surface area contributed by atoms with Crippen LogP contribution >= 0.6 is 0 Å². The topological polar surface area (TPSA) is 59.6 Å². The van der Waals surface area contributed by atoms with E-state index in [1.165, 1.54) is 0 Å². The van der Waals surface area contributed by atoms with Gasteiger partial charge in [-0.15, -0.1) is 0 Å². The Morgan fingerprint density at radius 3 is 2.75 bits per heavy atom. The van der Waals surface area contributed by atoms with E-state index < -0.39 is 11.7 Å². The van der Waals surface area contributed by atoms with E-state index in [1.54, 1.807) is 0 Å². The van der Waals surface area contributed by atoms with Crippen molar-refractivity contribution in [2.45, 2.75) is 45.4 Å². The molecule has 1 saturated heterocycles. The van der Waals surface area contributed by atoms with Gasteiger partial charge in [0.25, 0.3) is 0 Å². The molecular weight excluding hydrogens is 208 g/mol. The molecule has 94 valence electrons. The molecule has 0 aromatic heterocycles. The number of carbonyl (C=O) groups excluding carboxylic acids is 1. The summed E-state index contributed by atoms with van der Waals surface area (Å²) in [5.74, 6) is 0. The van der Waals surface area contributed by atoms with Crippen LogP contribution in [0.15, 0.2) is 0 Å². The summed E-state index contributed by atoms with van der Waals surface area (Å²) in [7, 11) is 0. The van der Waals surface area contributed by atoms with Gasteiger partial charge in [-0.05, 0) is 27.7 Å². The van der Waals surface area contributed by atoms with Gasteiger partial charge in [-0.1, -0.05) is 0 Å². The third-order valence-corrected chi connectivity index (χ3v) is 2.15. The van der Waals surface area contributed by atoms with Crippen LogP contribution in [0.2, 0.25) is 0 Å². The summed E-state index contributed by atoms with van der Waals surface area (Å²) >= 11 is 0. The Balaban J connectivity index is 2.17. The molecule has 2 atom stereocenters. The molecule has 5 heteroatoms. The lowest BCUT2D eigenvalue weighted by atomic mass is 10.2. The third kappa shape index (κ3) is 5.32. The molecular formula is C11H22N2O3. The molecule has 0 aliphatic carbocycles. The van der Waals surface area contributed by atoms with Gasteiger partial charge in [0.1, 0.15) is 5.60 Å². The predicted octanol–water partition coefficient (Wildman–Crippen LogP) is 0.888.